The Balaban J connectivity index is 1.60. The third kappa shape index (κ3) is 7.06. The van der Waals surface area contributed by atoms with Crippen molar-refractivity contribution in [1.82, 2.24) is 9.44 Å². The second-order valence-electron chi connectivity index (χ2n) is 10.1. The fourth-order valence-corrected chi connectivity index (χ4v) is 6.96. The summed E-state index contributed by atoms with van der Waals surface area (Å²) in [6, 6.07) is 6.92. The van der Waals surface area contributed by atoms with Gasteiger partial charge in [-0.3, -0.25) is 0 Å². The summed E-state index contributed by atoms with van der Waals surface area (Å²) in [5.41, 5.74) is 1.80. The van der Waals surface area contributed by atoms with Crippen molar-refractivity contribution in [2.45, 2.75) is 69.1 Å². The van der Waals surface area contributed by atoms with Gasteiger partial charge in [-0.2, -0.15) is 0 Å². The molecule has 1 heterocycles. The quantitative estimate of drug-likeness (QED) is 0.369. The first-order valence-electron chi connectivity index (χ1n) is 13.1. The summed E-state index contributed by atoms with van der Waals surface area (Å²) in [4.78, 5) is 12.9. The van der Waals surface area contributed by atoms with Crippen molar-refractivity contribution in [1.29, 1.82) is 0 Å². The Morgan fingerprint density at radius 3 is 2.64 bits per heavy atom. The summed E-state index contributed by atoms with van der Waals surface area (Å²) >= 11 is 0. The van der Waals surface area contributed by atoms with Crippen LogP contribution in [0, 0.1) is 0 Å². The number of carbonyl (C=O) groups excluding carboxylic acids is 1. The van der Waals surface area contributed by atoms with Gasteiger partial charge < -0.3 is 9.84 Å². The zero-order valence-electron chi connectivity index (χ0n) is 22.5. The average molecular weight is 569 g/mol. The van der Waals surface area contributed by atoms with Gasteiger partial charge >= 0.3 is 0 Å². The van der Waals surface area contributed by atoms with Gasteiger partial charge in [-0.15, -0.1) is 0 Å². The van der Waals surface area contributed by atoms with Crippen molar-refractivity contribution in [2.75, 3.05) is 6.54 Å². The zero-order valence-corrected chi connectivity index (χ0v) is 24.1. The number of sulfonamides is 1. The largest absolute Gasteiger partial charge is 0.485 e. The van der Waals surface area contributed by atoms with E-state index in [1.807, 2.05) is 60.7 Å². The highest BCUT2D eigenvalue weighted by Crippen LogP contribution is 2.39. The molecule has 3 aliphatic rings. The summed E-state index contributed by atoms with van der Waals surface area (Å²) in [5.74, 6) is 0.488. The van der Waals surface area contributed by atoms with Crippen molar-refractivity contribution in [3.63, 3.8) is 0 Å². The summed E-state index contributed by atoms with van der Waals surface area (Å²) in [6.45, 7) is 5.87. The van der Waals surface area contributed by atoms with Gasteiger partial charge in [0.25, 0.3) is 0 Å². The molecule has 3 atom stereocenters. The van der Waals surface area contributed by atoms with Gasteiger partial charge in [0.1, 0.15) is 17.5 Å². The number of aliphatic hydroxyl groups is 1. The van der Waals surface area contributed by atoms with E-state index in [2.05, 4.69) is 21.6 Å². The van der Waals surface area contributed by atoms with Crippen molar-refractivity contribution in [3.05, 3.63) is 100 Å². The van der Waals surface area contributed by atoms with Gasteiger partial charge in [0.15, 0.2) is 5.23 Å². The third-order valence-corrected chi connectivity index (χ3v) is 9.84. The van der Waals surface area contributed by atoms with E-state index >= 15 is 0 Å². The van der Waals surface area contributed by atoms with Gasteiger partial charge in [0.2, 0.25) is 10.0 Å². The molecule has 4 rings (SSSR count). The summed E-state index contributed by atoms with van der Waals surface area (Å²) in [7, 11) is -4.99. The molecule has 0 radical (unpaired) electrons. The fourth-order valence-electron chi connectivity index (χ4n) is 4.62. The number of ether oxygens (including phenoxy) is 1. The van der Waals surface area contributed by atoms with Crippen LogP contribution in [0.4, 0.5) is 0 Å². The van der Waals surface area contributed by atoms with Gasteiger partial charge in [0.05, 0.1) is 10.9 Å². The highest BCUT2D eigenvalue weighted by Gasteiger charge is 2.45. The lowest BCUT2D eigenvalue weighted by atomic mass is 9.86. The SMILES string of the molecule is CCc1ccc(S(=C=O)NC2C3=CC(S(=O)(=O)NCCC4=CC=CC=CC4)=CCC=C3OC(C)(C)C2O)cc1. The molecule has 3 N–H and O–H groups in total. The molecule has 1 aromatic carbocycles. The molecule has 0 bridgehead atoms. The predicted octanol–water partition coefficient (Wildman–Crippen LogP) is 4.84. The Morgan fingerprint density at radius 1 is 1.15 bits per heavy atom. The van der Waals surface area contributed by atoms with Crippen LogP contribution >= 0.6 is 10.7 Å². The van der Waals surface area contributed by atoms with E-state index in [1.165, 1.54) is 0 Å². The first-order valence-corrected chi connectivity index (χ1v) is 15.8. The second kappa shape index (κ2) is 12.6. The van der Waals surface area contributed by atoms with E-state index < -0.39 is 38.4 Å². The number of aryl methyl sites for hydroxylation is 1. The smallest absolute Gasteiger partial charge is 0.240 e. The zero-order chi connectivity index (χ0) is 28.0. The lowest BCUT2D eigenvalue weighted by molar-refractivity contribution is -0.0931. The lowest BCUT2D eigenvalue weighted by Crippen LogP contribution is -2.56. The van der Waals surface area contributed by atoms with Crippen LogP contribution in [0.2, 0.25) is 0 Å². The molecular weight excluding hydrogens is 532 g/mol. The van der Waals surface area contributed by atoms with Crippen LogP contribution in [-0.2, 0) is 26.0 Å². The van der Waals surface area contributed by atoms with Crippen molar-refractivity contribution < 1.29 is 23.1 Å². The number of hydrogen-bond donors (Lipinski definition) is 3. The van der Waals surface area contributed by atoms with E-state index in [-0.39, 0.29) is 11.4 Å². The Labute approximate surface area is 233 Å². The molecule has 2 aliphatic carbocycles. The minimum absolute atomic E-state index is 0.1000. The molecule has 1 saturated heterocycles. The average Bonchev–Trinajstić information content (AvgIpc) is 3.30. The molecule has 9 heteroatoms. The molecule has 7 nitrogen and oxygen atoms in total. The predicted molar refractivity (Wildman–Crippen MR) is 157 cm³/mol. The number of allylic oxidation sites excluding steroid dienone is 8. The minimum Gasteiger partial charge on any atom is -0.485 e. The van der Waals surface area contributed by atoms with Crippen LogP contribution in [0.15, 0.2) is 99.6 Å². The Hall–Kier alpha value is -2.78. The van der Waals surface area contributed by atoms with Gasteiger partial charge in [-0.1, -0.05) is 61.1 Å². The monoisotopic (exact) mass is 568 g/mol. The maximum absolute atomic E-state index is 13.3. The van der Waals surface area contributed by atoms with E-state index in [9.17, 15) is 18.3 Å². The third-order valence-electron chi connectivity index (χ3n) is 6.95. The summed E-state index contributed by atoms with van der Waals surface area (Å²) < 4.78 is 38.7. The standard InChI is InChI=1S/C30H36N2O5S2/c1-4-22-14-16-24(17-15-22)38(21-33)32-28-26-20-25(12-9-13-27(26)37-30(2,3)29(28)34)39(35,36)31-19-18-23-10-7-5-6-8-11-23/h5-8,10,12-17,20,28-29,31-32,34H,4,9,11,18-19H2,1-3H3. The van der Waals surface area contributed by atoms with Crippen molar-refractivity contribution >= 4 is 25.9 Å². The summed E-state index contributed by atoms with van der Waals surface area (Å²) in [5, 5.41) is 13.4. The fraction of sp³-hybridized carbons (Fsp3) is 0.367. The van der Waals surface area contributed by atoms with E-state index in [1.54, 1.807) is 26.0 Å². The molecule has 208 valence electrons. The van der Waals surface area contributed by atoms with E-state index in [0.717, 1.165) is 28.9 Å². The Kier molecular flexibility index (Phi) is 9.43. The highest BCUT2D eigenvalue weighted by atomic mass is 32.2. The van der Waals surface area contributed by atoms with Crippen molar-refractivity contribution in [3.8, 4) is 0 Å². The van der Waals surface area contributed by atoms with Crippen LogP contribution in [-0.4, -0.2) is 43.0 Å². The van der Waals surface area contributed by atoms with Gasteiger partial charge in [-0.25, -0.2) is 22.7 Å². The van der Waals surface area contributed by atoms with E-state index in [0.29, 0.717) is 24.2 Å². The molecule has 0 spiro atoms. The molecule has 0 saturated carbocycles. The Bertz CT molecular complexity index is 1420. The topological polar surface area (TPSA) is 105 Å². The molecular formula is C30H36N2O5S2. The minimum atomic E-state index is -3.83. The van der Waals surface area contributed by atoms with Gasteiger partial charge in [0, 0.05) is 17.0 Å². The molecule has 3 unspecified atom stereocenters. The molecule has 1 aromatic rings. The molecule has 39 heavy (non-hydrogen) atoms. The van der Waals surface area contributed by atoms with Crippen LogP contribution in [0.25, 0.3) is 0 Å². The first-order chi connectivity index (χ1) is 18.6. The number of nitrogens with one attached hydrogen (secondary N) is 2. The highest BCUT2D eigenvalue weighted by molar-refractivity contribution is 8.12. The van der Waals surface area contributed by atoms with Crippen LogP contribution in [0.3, 0.4) is 0 Å². The maximum Gasteiger partial charge on any atom is 0.240 e. The molecule has 1 aliphatic heterocycles. The number of benzene rings is 1. The van der Waals surface area contributed by atoms with Crippen LogP contribution < -0.4 is 9.44 Å². The number of fused-ring (bicyclic) bond motifs is 1. The maximum atomic E-state index is 13.3. The van der Waals surface area contributed by atoms with Crippen LogP contribution in [0.1, 0.15) is 45.6 Å². The van der Waals surface area contributed by atoms with Crippen molar-refractivity contribution in [2.24, 2.45) is 0 Å². The normalized spacial score (nSPS) is 23.1. The molecule has 1 fully saturated rings. The van der Waals surface area contributed by atoms with Crippen LogP contribution in [0.5, 0.6) is 0 Å². The Morgan fingerprint density at radius 2 is 1.92 bits per heavy atom. The number of aliphatic hydroxyl groups excluding tert-OH is 1. The molecule has 0 aromatic heterocycles. The summed E-state index contributed by atoms with van der Waals surface area (Å²) in [6.07, 6.45) is 16.4. The lowest BCUT2D eigenvalue weighted by Gasteiger charge is -2.44. The van der Waals surface area contributed by atoms with E-state index in [4.69, 9.17) is 4.74 Å². The number of hydrogen-bond acceptors (Lipinski definition) is 6. The molecule has 0 amide bonds. The number of rotatable bonds is 9. The van der Waals surface area contributed by atoms with Gasteiger partial charge in [-0.05, 0) is 80.0 Å². The first kappa shape index (κ1) is 29.2. The second-order valence-corrected chi connectivity index (χ2v) is 13.4.